The number of aromatic nitrogens is 4. The van der Waals surface area contributed by atoms with Crippen molar-refractivity contribution in [1.82, 2.24) is 29.8 Å². The highest BCUT2D eigenvalue weighted by Crippen LogP contribution is 2.34. The van der Waals surface area contributed by atoms with Crippen LogP contribution in [0.5, 0.6) is 5.88 Å². The molecular weight excluding hydrogens is 377 g/mol. The van der Waals surface area contributed by atoms with Gasteiger partial charge in [-0.05, 0) is 6.07 Å². The van der Waals surface area contributed by atoms with Crippen LogP contribution in [-0.2, 0) is 6.18 Å². The van der Waals surface area contributed by atoms with Crippen LogP contribution < -0.4 is 4.74 Å². The number of hydrogen-bond acceptors (Lipinski definition) is 6. The molecule has 0 saturated carbocycles. The largest absolute Gasteiger partial charge is 0.480 e. The van der Waals surface area contributed by atoms with Gasteiger partial charge >= 0.3 is 6.18 Å². The van der Waals surface area contributed by atoms with Gasteiger partial charge in [0.2, 0.25) is 5.88 Å². The molecule has 28 heavy (non-hydrogen) atoms. The minimum absolute atomic E-state index is 0.144. The number of nitrogens with zero attached hydrogens (tertiary/aromatic N) is 6. The van der Waals surface area contributed by atoms with Gasteiger partial charge in [0.1, 0.15) is 0 Å². The van der Waals surface area contributed by atoms with Crippen molar-refractivity contribution >= 4 is 5.91 Å². The smallest absolute Gasteiger partial charge is 0.434 e. The summed E-state index contributed by atoms with van der Waals surface area (Å²) in [6.45, 7) is 1.99. The van der Waals surface area contributed by atoms with Gasteiger partial charge in [-0.25, -0.2) is 4.68 Å². The van der Waals surface area contributed by atoms with Crippen LogP contribution in [-0.4, -0.2) is 75.5 Å². The molecule has 1 fully saturated rings. The fourth-order valence-electron chi connectivity index (χ4n) is 2.89. The number of terminal acetylenes is 1. The van der Waals surface area contributed by atoms with Gasteiger partial charge in [0.25, 0.3) is 5.91 Å². The first-order valence-corrected chi connectivity index (χ1v) is 8.33. The second-order valence-corrected chi connectivity index (χ2v) is 6.02. The molecule has 0 aromatic carbocycles. The van der Waals surface area contributed by atoms with Gasteiger partial charge in [0, 0.05) is 32.2 Å². The van der Waals surface area contributed by atoms with E-state index in [1.807, 2.05) is 4.90 Å². The van der Waals surface area contributed by atoms with E-state index in [0.717, 1.165) is 6.20 Å². The molecule has 0 unspecified atom stereocenters. The Labute approximate surface area is 158 Å². The first kappa shape index (κ1) is 19.6. The molecule has 8 nitrogen and oxygen atoms in total. The Morgan fingerprint density at radius 3 is 2.50 bits per heavy atom. The number of ether oxygens (including phenoxy) is 1. The maximum Gasteiger partial charge on any atom is 0.434 e. The first-order valence-electron chi connectivity index (χ1n) is 8.33. The monoisotopic (exact) mass is 394 g/mol. The van der Waals surface area contributed by atoms with Gasteiger partial charge in [-0.15, -0.1) is 16.6 Å². The van der Waals surface area contributed by atoms with Crippen molar-refractivity contribution in [3.05, 3.63) is 29.6 Å². The van der Waals surface area contributed by atoms with Crippen LogP contribution in [0.4, 0.5) is 13.2 Å². The Bertz CT molecular complexity index is 880. The average molecular weight is 394 g/mol. The molecule has 1 amide bonds. The topological polar surface area (TPSA) is 76.4 Å². The van der Waals surface area contributed by atoms with Gasteiger partial charge in [0.05, 0.1) is 25.4 Å². The van der Waals surface area contributed by atoms with E-state index in [1.165, 1.54) is 24.1 Å². The molecular formula is C17H17F3N6O2. The fourth-order valence-corrected chi connectivity index (χ4v) is 2.89. The lowest BCUT2D eigenvalue weighted by molar-refractivity contribution is -0.143. The third-order valence-corrected chi connectivity index (χ3v) is 4.29. The number of alkyl halides is 3. The van der Waals surface area contributed by atoms with Crippen molar-refractivity contribution < 1.29 is 22.7 Å². The molecule has 2 aromatic heterocycles. The van der Waals surface area contributed by atoms with Crippen molar-refractivity contribution in [3.8, 4) is 24.0 Å². The number of amides is 1. The third kappa shape index (κ3) is 3.91. The zero-order valence-electron chi connectivity index (χ0n) is 15.0. The van der Waals surface area contributed by atoms with Gasteiger partial charge in [-0.2, -0.15) is 18.3 Å². The van der Waals surface area contributed by atoms with Crippen LogP contribution in [0.3, 0.4) is 0 Å². The summed E-state index contributed by atoms with van der Waals surface area (Å²) in [4.78, 5) is 16.0. The van der Waals surface area contributed by atoms with Crippen molar-refractivity contribution in [3.63, 3.8) is 0 Å². The minimum Gasteiger partial charge on any atom is -0.480 e. The standard InChI is InChI=1S/C17H17F3N6O2/c1-3-6-24-7-9-25(10-8-24)16(27)12-11-21-26(15(12)17(18,19)20)13-4-5-14(28-2)23-22-13/h1,4-5,11H,6-10H2,2H3. The second kappa shape index (κ2) is 7.85. The molecule has 0 N–H and O–H groups in total. The highest BCUT2D eigenvalue weighted by molar-refractivity contribution is 5.95. The Morgan fingerprint density at radius 2 is 1.96 bits per heavy atom. The number of carbonyl (C=O) groups is 1. The predicted octanol–water partition coefficient (Wildman–Crippen LogP) is 1.08. The molecule has 1 saturated heterocycles. The number of methoxy groups -OCH3 is 1. The maximum atomic E-state index is 13.7. The summed E-state index contributed by atoms with van der Waals surface area (Å²) in [5.74, 6) is 1.74. The average Bonchev–Trinajstić information content (AvgIpc) is 3.14. The van der Waals surface area contributed by atoms with E-state index < -0.39 is 23.3 Å². The lowest BCUT2D eigenvalue weighted by Crippen LogP contribution is -2.48. The summed E-state index contributed by atoms with van der Waals surface area (Å²) in [6.07, 6.45) is 1.36. The van der Waals surface area contributed by atoms with Crippen molar-refractivity contribution in [2.24, 2.45) is 0 Å². The molecule has 0 atom stereocenters. The molecule has 3 rings (SSSR count). The molecule has 148 valence electrons. The van der Waals surface area contributed by atoms with Crippen LogP contribution in [0.15, 0.2) is 18.3 Å². The van der Waals surface area contributed by atoms with E-state index in [4.69, 9.17) is 11.2 Å². The summed E-state index contributed by atoms with van der Waals surface area (Å²) < 4.78 is 46.6. The molecule has 3 heterocycles. The Hall–Kier alpha value is -3.13. The van der Waals surface area contributed by atoms with Crippen molar-refractivity contribution in [2.45, 2.75) is 6.18 Å². The van der Waals surface area contributed by atoms with E-state index in [0.29, 0.717) is 24.3 Å². The van der Waals surface area contributed by atoms with Gasteiger partial charge in [0.15, 0.2) is 11.5 Å². The SMILES string of the molecule is C#CCN1CCN(C(=O)c2cnn(-c3ccc(OC)nn3)c2C(F)(F)F)CC1. The van der Waals surface area contributed by atoms with Crippen LogP contribution in [0.25, 0.3) is 5.82 Å². The summed E-state index contributed by atoms with van der Waals surface area (Å²) in [5.41, 5.74) is -1.72. The van der Waals surface area contributed by atoms with E-state index in [-0.39, 0.29) is 24.8 Å². The van der Waals surface area contributed by atoms with Crippen LogP contribution >= 0.6 is 0 Å². The van der Waals surface area contributed by atoms with Crippen LogP contribution in [0.2, 0.25) is 0 Å². The van der Waals surface area contributed by atoms with Gasteiger partial charge in [-0.1, -0.05) is 5.92 Å². The lowest BCUT2D eigenvalue weighted by atomic mass is 10.2. The molecule has 1 aliphatic rings. The van der Waals surface area contributed by atoms with E-state index in [2.05, 4.69) is 21.2 Å². The molecule has 11 heteroatoms. The number of hydrogen-bond donors (Lipinski definition) is 0. The molecule has 0 bridgehead atoms. The van der Waals surface area contributed by atoms with Crippen LogP contribution in [0.1, 0.15) is 16.1 Å². The van der Waals surface area contributed by atoms with Crippen LogP contribution in [0, 0.1) is 12.3 Å². The van der Waals surface area contributed by atoms with E-state index in [9.17, 15) is 18.0 Å². The first-order chi connectivity index (χ1) is 13.3. The van der Waals surface area contributed by atoms with Gasteiger partial charge in [-0.3, -0.25) is 9.69 Å². The van der Waals surface area contributed by atoms with Crippen molar-refractivity contribution in [2.75, 3.05) is 39.8 Å². The summed E-state index contributed by atoms with van der Waals surface area (Å²) in [5, 5.41) is 11.1. The molecule has 0 radical (unpaired) electrons. The number of carbonyl (C=O) groups excluding carboxylic acids is 1. The molecule has 2 aromatic rings. The predicted molar refractivity (Wildman–Crippen MR) is 91.9 cm³/mol. The second-order valence-electron chi connectivity index (χ2n) is 6.02. The highest BCUT2D eigenvalue weighted by atomic mass is 19.4. The summed E-state index contributed by atoms with van der Waals surface area (Å²) >= 11 is 0. The number of piperazine rings is 1. The minimum atomic E-state index is -4.81. The Balaban J connectivity index is 1.90. The number of halogens is 3. The number of rotatable bonds is 4. The highest BCUT2D eigenvalue weighted by Gasteiger charge is 2.42. The Kier molecular flexibility index (Phi) is 5.51. The zero-order valence-corrected chi connectivity index (χ0v) is 15.0. The maximum absolute atomic E-state index is 13.7. The molecule has 0 spiro atoms. The fraction of sp³-hybridized carbons (Fsp3) is 0.412. The van der Waals surface area contributed by atoms with Gasteiger partial charge < -0.3 is 9.64 Å². The Morgan fingerprint density at radius 1 is 1.25 bits per heavy atom. The van der Waals surface area contributed by atoms with Crippen molar-refractivity contribution in [1.29, 1.82) is 0 Å². The lowest BCUT2D eigenvalue weighted by Gasteiger charge is -2.33. The summed E-state index contributed by atoms with van der Waals surface area (Å²) in [7, 11) is 1.36. The molecule has 1 aliphatic heterocycles. The third-order valence-electron chi connectivity index (χ3n) is 4.29. The quantitative estimate of drug-likeness (QED) is 0.723. The zero-order chi connectivity index (χ0) is 20.3. The normalized spacial score (nSPS) is 15.3. The summed E-state index contributed by atoms with van der Waals surface area (Å²) in [6, 6.07) is 2.64. The molecule has 0 aliphatic carbocycles. The van der Waals surface area contributed by atoms with E-state index >= 15 is 0 Å². The van der Waals surface area contributed by atoms with E-state index in [1.54, 1.807) is 0 Å².